The van der Waals surface area contributed by atoms with E-state index in [1.54, 1.807) is 11.3 Å². The van der Waals surface area contributed by atoms with Crippen LogP contribution in [0.1, 0.15) is 39.9 Å². The van der Waals surface area contributed by atoms with Crippen LogP contribution in [0.2, 0.25) is 0 Å². The minimum absolute atomic E-state index is 0.296. The van der Waals surface area contributed by atoms with E-state index in [4.69, 9.17) is 0 Å². The molecule has 3 heterocycles. The number of nitrogens with one attached hydrogen (secondary N) is 1. The molecule has 0 radical (unpaired) electrons. The van der Waals surface area contributed by atoms with Crippen LogP contribution < -0.4 is 5.32 Å². The molecule has 21 heavy (non-hydrogen) atoms. The monoisotopic (exact) mass is 300 g/mol. The third kappa shape index (κ3) is 2.71. The molecule has 0 aliphatic heterocycles. The first-order valence-corrected chi connectivity index (χ1v) is 7.98. The van der Waals surface area contributed by atoms with Crippen LogP contribution in [0.15, 0.2) is 24.4 Å². The van der Waals surface area contributed by atoms with Crippen molar-refractivity contribution in [3.63, 3.8) is 0 Å². The molecule has 0 saturated heterocycles. The van der Waals surface area contributed by atoms with E-state index >= 15 is 0 Å². The van der Waals surface area contributed by atoms with Gasteiger partial charge in [0.1, 0.15) is 5.65 Å². The Morgan fingerprint density at radius 1 is 1.19 bits per heavy atom. The topological polar surface area (TPSA) is 42.2 Å². The number of hydrogen-bond donors (Lipinski definition) is 1. The molecule has 3 rings (SSSR count). The van der Waals surface area contributed by atoms with E-state index in [9.17, 15) is 0 Å². The summed E-state index contributed by atoms with van der Waals surface area (Å²) < 4.78 is 2.15. The molecule has 0 amide bonds. The average molecular weight is 300 g/mol. The van der Waals surface area contributed by atoms with Gasteiger partial charge in [-0.1, -0.05) is 6.07 Å². The number of aromatic nitrogens is 3. The second kappa shape index (κ2) is 5.58. The Morgan fingerprint density at radius 2 is 2.00 bits per heavy atom. The van der Waals surface area contributed by atoms with Crippen molar-refractivity contribution in [3.8, 4) is 0 Å². The molecule has 3 aromatic heterocycles. The van der Waals surface area contributed by atoms with Crippen molar-refractivity contribution in [1.29, 1.82) is 0 Å². The van der Waals surface area contributed by atoms with Crippen LogP contribution in [0.3, 0.4) is 0 Å². The molecular weight excluding hydrogens is 280 g/mol. The molecule has 1 atom stereocenters. The van der Waals surface area contributed by atoms with Crippen molar-refractivity contribution in [2.24, 2.45) is 0 Å². The fourth-order valence-electron chi connectivity index (χ4n) is 2.67. The summed E-state index contributed by atoms with van der Waals surface area (Å²) in [5.41, 5.74) is 4.44. The third-order valence-corrected chi connectivity index (χ3v) is 4.99. The second-order valence-corrected chi connectivity index (χ2v) is 6.59. The predicted octanol–water partition coefficient (Wildman–Crippen LogP) is 3.57. The van der Waals surface area contributed by atoms with Gasteiger partial charge in [0.15, 0.2) is 0 Å². The van der Waals surface area contributed by atoms with Gasteiger partial charge in [-0.3, -0.25) is 0 Å². The van der Waals surface area contributed by atoms with Gasteiger partial charge in [-0.05, 0) is 39.8 Å². The van der Waals surface area contributed by atoms with Gasteiger partial charge in [0.05, 0.1) is 22.1 Å². The van der Waals surface area contributed by atoms with Crippen molar-refractivity contribution >= 4 is 17.0 Å². The first-order chi connectivity index (χ1) is 10.1. The van der Waals surface area contributed by atoms with E-state index < -0.39 is 0 Å². The van der Waals surface area contributed by atoms with E-state index in [-0.39, 0.29) is 0 Å². The fraction of sp³-hybridized carbons (Fsp3) is 0.375. The average Bonchev–Trinajstić information content (AvgIpc) is 2.95. The number of imidazole rings is 1. The van der Waals surface area contributed by atoms with E-state index in [0.717, 1.165) is 28.6 Å². The van der Waals surface area contributed by atoms with Gasteiger partial charge in [0.2, 0.25) is 0 Å². The highest BCUT2D eigenvalue weighted by Gasteiger charge is 2.14. The van der Waals surface area contributed by atoms with Crippen LogP contribution in [0, 0.1) is 20.8 Å². The van der Waals surface area contributed by atoms with Gasteiger partial charge in [-0.25, -0.2) is 9.97 Å². The van der Waals surface area contributed by atoms with Crippen molar-refractivity contribution in [3.05, 3.63) is 51.4 Å². The highest BCUT2D eigenvalue weighted by molar-refractivity contribution is 7.11. The molecule has 0 saturated carbocycles. The van der Waals surface area contributed by atoms with Crippen molar-refractivity contribution in [2.75, 3.05) is 0 Å². The molecule has 3 aromatic rings. The van der Waals surface area contributed by atoms with Gasteiger partial charge >= 0.3 is 0 Å². The number of pyridine rings is 1. The summed E-state index contributed by atoms with van der Waals surface area (Å²) in [7, 11) is 0. The molecule has 4 nitrogen and oxygen atoms in total. The van der Waals surface area contributed by atoms with Gasteiger partial charge < -0.3 is 9.72 Å². The van der Waals surface area contributed by atoms with E-state index in [2.05, 4.69) is 53.6 Å². The molecule has 1 N–H and O–H groups in total. The zero-order valence-electron chi connectivity index (χ0n) is 12.8. The Kier molecular flexibility index (Phi) is 3.78. The molecule has 0 aliphatic rings. The second-order valence-electron chi connectivity index (χ2n) is 5.36. The first-order valence-electron chi connectivity index (χ1n) is 7.16. The minimum Gasteiger partial charge on any atom is -0.304 e. The third-order valence-electron chi connectivity index (χ3n) is 3.74. The lowest BCUT2D eigenvalue weighted by Crippen LogP contribution is -2.19. The predicted molar refractivity (Wildman–Crippen MR) is 86.8 cm³/mol. The quantitative estimate of drug-likeness (QED) is 0.801. The molecule has 110 valence electrons. The highest BCUT2D eigenvalue weighted by atomic mass is 32.1. The Bertz CT molecular complexity index is 772. The fourth-order valence-corrected chi connectivity index (χ4v) is 3.62. The smallest absolute Gasteiger partial charge is 0.137 e. The summed E-state index contributed by atoms with van der Waals surface area (Å²) in [6, 6.07) is 6.39. The Balaban J connectivity index is 1.80. The number of hydrogen-bond acceptors (Lipinski definition) is 4. The summed E-state index contributed by atoms with van der Waals surface area (Å²) in [4.78, 5) is 10.4. The molecule has 0 bridgehead atoms. The number of aryl methyl sites for hydroxylation is 3. The summed E-state index contributed by atoms with van der Waals surface area (Å²) in [6.07, 6.45) is 2.07. The number of nitrogens with zero attached hydrogens (tertiary/aromatic N) is 3. The van der Waals surface area contributed by atoms with Crippen LogP contribution in [-0.2, 0) is 6.54 Å². The standard InChI is InChI=1S/C16H20N4S/c1-10-14(20-8-6-5-7-15(20)19-10)9-17-11(2)16-12(3)18-13(4)21-16/h5-8,11,17H,9H2,1-4H3. The van der Waals surface area contributed by atoms with Crippen molar-refractivity contribution in [1.82, 2.24) is 19.7 Å². The van der Waals surface area contributed by atoms with Gasteiger partial charge in [0.25, 0.3) is 0 Å². The lowest BCUT2D eigenvalue weighted by Gasteiger charge is -2.13. The maximum atomic E-state index is 4.60. The maximum absolute atomic E-state index is 4.60. The number of fused-ring (bicyclic) bond motifs is 1. The molecular formula is C16H20N4S. The van der Waals surface area contributed by atoms with E-state index in [0.29, 0.717) is 6.04 Å². The highest BCUT2D eigenvalue weighted by Crippen LogP contribution is 2.25. The normalized spacial score (nSPS) is 13.0. The number of thiazole rings is 1. The summed E-state index contributed by atoms with van der Waals surface area (Å²) in [6.45, 7) is 9.20. The summed E-state index contributed by atoms with van der Waals surface area (Å²) in [5, 5.41) is 4.73. The van der Waals surface area contributed by atoms with Crippen molar-refractivity contribution < 1.29 is 0 Å². The SMILES string of the molecule is Cc1nc(C)c(C(C)NCc2c(C)nc3ccccn23)s1. The van der Waals surface area contributed by atoms with E-state index in [1.807, 2.05) is 18.2 Å². The zero-order chi connectivity index (χ0) is 15.0. The van der Waals surface area contributed by atoms with Crippen LogP contribution >= 0.6 is 11.3 Å². The zero-order valence-corrected chi connectivity index (χ0v) is 13.7. The molecule has 5 heteroatoms. The van der Waals surface area contributed by atoms with E-state index in [1.165, 1.54) is 10.6 Å². The van der Waals surface area contributed by atoms with Crippen LogP contribution in [0.25, 0.3) is 5.65 Å². The maximum Gasteiger partial charge on any atom is 0.137 e. The van der Waals surface area contributed by atoms with Crippen LogP contribution in [-0.4, -0.2) is 14.4 Å². The van der Waals surface area contributed by atoms with Crippen LogP contribution in [0.5, 0.6) is 0 Å². The molecule has 0 spiro atoms. The first kappa shape index (κ1) is 14.2. The Labute approximate surface area is 128 Å². The van der Waals surface area contributed by atoms with Crippen LogP contribution in [0.4, 0.5) is 0 Å². The molecule has 0 aromatic carbocycles. The summed E-state index contributed by atoms with van der Waals surface area (Å²) >= 11 is 1.77. The Hall–Kier alpha value is -1.72. The largest absolute Gasteiger partial charge is 0.304 e. The van der Waals surface area contributed by atoms with Gasteiger partial charge in [-0.15, -0.1) is 11.3 Å². The van der Waals surface area contributed by atoms with Gasteiger partial charge in [-0.2, -0.15) is 0 Å². The number of rotatable bonds is 4. The molecule has 1 unspecified atom stereocenters. The molecule has 0 aliphatic carbocycles. The Morgan fingerprint density at radius 3 is 2.71 bits per heavy atom. The minimum atomic E-state index is 0.296. The van der Waals surface area contributed by atoms with Crippen molar-refractivity contribution in [2.45, 2.75) is 40.3 Å². The molecule has 0 fully saturated rings. The van der Waals surface area contributed by atoms with Gasteiger partial charge in [0, 0.05) is 23.7 Å². The lowest BCUT2D eigenvalue weighted by atomic mass is 10.2. The lowest BCUT2D eigenvalue weighted by molar-refractivity contribution is 0.568. The summed E-state index contributed by atoms with van der Waals surface area (Å²) in [5.74, 6) is 0.